The summed E-state index contributed by atoms with van der Waals surface area (Å²) < 4.78 is 1.21. The Hall–Kier alpha value is -3.82. The molecule has 202 valence electrons. The third kappa shape index (κ3) is 5.94. The molecule has 2 aromatic heterocycles. The van der Waals surface area contributed by atoms with Crippen LogP contribution in [0.25, 0.3) is 10.1 Å². The first kappa shape index (κ1) is 26.8. The van der Waals surface area contributed by atoms with E-state index in [0.29, 0.717) is 28.6 Å². The van der Waals surface area contributed by atoms with Crippen LogP contribution in [0.2, 0.25) is 5.02 Å². The number of fused-ring (bicyclic) bond motifs is 1. The fraction of sp³-hybridized carbons (Fsp3) is 0.276. The van der Waals surface area contributed by atoms with Gasteiger partial charge in [0.2, 0.25) is 5.91 Å². The van der Waals surface area contributed by atoms with Gasteiger partial charge in [0.25, 0.3) is 5.91 Å². The molecule has 0 atom stereocenters. The average molecular weight is 563 g/mol. The fourth-order valence-corrected chi connectivity index (χ4v) is 6.19. The van der Waals surface area contributed by atoms with Gasteiger partial charge in [0.05, 0.1) is 22.0 Å². The largest absolute Gasteiger partial charge is 0.380 e. The lowest BCUT2D eigenvalue weighted by atomic mass is 9.95. The molecule has 3 heterocycles. The second kappa shape index (κ2) is 11.5. The van der Waals surface area contributed by atoms with Crippen LogP contribution in [-0.2, 0) is 11.3 Å². The molecule has 0 unspecified atom stereocenters. The second-order valence-corrected chi connectivity index (χ2v) is 11.2. The third-order valence-electron chi connectivity index (χ3n) is 7.04. The van der Waals surface area contributed by atoms with Crippen LogP contribution in [-0.4, -0.2) is 48.9 Å². The van der Waals surface area contributed by atoms with E-state index in [1.165, 1.54) is 16.3 Å². The Kier molecular flexibility index (Phi) is 7.90. The number of hydrogen-bond donors (Lipinski definition) is 3. The molecule has 1 fully saturated rings. The maximum absolute atomic E-state index is 12.3. The van der Waals surface area contributed by atoms with Gasteiger partial charge in [-0.25, -0.2) is 4.98 Å². The van der Waals surface area contributed by atoms with Crippen molar-refractivity contribution in [1.82, 2.24) is 9.88 Å². The molecule has 0 bridgehead atoms. The van der Waals surface area contributed by atoms with E-state index < -0.39 is 5.91 Å². The van der Waals surface area contributed by atoms with Gasteiger partial charge in [0.1, 0.15) is 5.82 Å². The Bertz CT molecular complexity index is 1510. The molecule has 10 heteroatoms. The predicted molar refractivity (Wildman–Crippen MR) is 160 cm³/mol. The maximum Gasteiger partial charge on any atom is 0.252 e. The topological polar surface area (TPSA) is 104 Å². The molecule has 2 amide bonds. The van der Waals surface area contributed by atoms with E-state index in [2.05, 4.69) is 44.1 Å². The van der Waals surface area contributed by atoms with Crippen molar-refractivity contribution < 1.29 is 9.59 Å². The zero-order valence-electron chi connectivity index (χ0n) is 21.9. The number of aromatic nitrogens is 1. The summed E-state index contributed by atoms with van der Waals surface area (Å²) in [6.07, 6.45) is 3.09. The number of benzene rings is 2. The van der Waals surface area contributed by atoms with Crippen LogP contribution in [0.1, 0.15) is 28.8 Å². The first-order valence-corrected chi connectivity index (χ1v) is 14.1. The van der Waals surface area contributed by atoms with Gasteiger partial charge in [-0.3, -0.25) is 9.59 Å². The van der Waals surface area contributed by atoms with Crippen LogP contribution in [0, 0.1) is 5.92 Å². The van der Waals surface area contributed by atoms with Crippen LogP contribution >= 0.6 is 22.9 Å². The highest BCUT2D eigenvalue weighted by atomic mass is 35.5. The molecule has 4 aromatic rings. The summed E-state index contributed by atoms with van der Waals surface area (Å²) in [5, 5.41) is 10.5. The number of hydrogen-bond acceptors (Lipinski definition) is 7. The van der Waals surface area contributed by atoms with Crippen molar-refractivity contribution in [1.29, 1.82) is 0 Å². The van der Waals surface area contributed by atoms with E-state index >= 15 is 0 Å². The van der Waals surface area contributed by atoms with Gasteiger partial charge in [0, 0.05) is 62.3 Å². The number of nitrogens with zero attached hydrogens (tertiary/aromatic N) is 3. The lowest BCUT2D eigenvalue weighted by Crippen LogP contribution is -2.40. The van der Waals surface area contributed by atoms with E-state index in [0.717, 1.165) is 42.9 Å². The number of rotatable bonds is 8. The number of anilines is 4. The molecule has 1 aliphatic rings. The number of nitrogens with one attached hydrogen (secondary N) is 2. The Morgan fingerprint density at radius 1 is 1.15 bits per heavy atom. The lowest BCUT2D eigenvalue weighted by molar-refractivity contribution is -0.133. The predicted octanol–water partition coefficient (Wildman–Crippen LogP) is 5.71. The van der Waals surface area contributed by atoms with E-state index in [9.17, 15) is 9.59 Å². The summed E-state index contributed by atoms with van der Waals surface area (Å²) in [7, 11) is 3.61. The van der Waals surface area contributed by atoms with E-state index in [4.69, 9.17) is 17.3 Å². The second-order valence-electron chi connectivity index (χ2n) is 9.87. The lowest BCUT2D eigenvalue weighted by Gasteiger charge is -2.34. The molecule has 5 rings (SSSR count). The molecular weight excluding hydrogens is 532 g/mol. The van der Waals surface area contributed by atoms with Gasteiger partial charge >= 0.3 is 0 Å². The zero-order valence-corrected chi connectivity index (χ0v) is 23.5. The molecule has 1 aliphatic heterocycles. The van der Waals surface area contributed by atoms with Gasteiger partial charge < -0.3 is 26.2 Å². The molecule has 0 aliphatic carbocycles. The molecule has 2 aromatic carbocycles. The van der Waals surface area contributed by atoms with Crippen LogP contribution in [0.15, 0.2) is 60.1 Å². The summed E-state index contributed by atoms with van der Waals surface area (Å²) in [6, 6.07) is 15.9. The van der Waals surface area contributed by atoms with Gasteiger partial charge in [-0.2, -0.15) is 0 Å². The van der Waals surface area contributed by atoms with Crippen LogP contribution in [0.3, 0.4) is 0 Å². The average Bonchev–Trinajstić information content (AvgIpc) is 3.41. The molecule has 0 saturated carbocycles. The van der Waals surface area contributed by atoms with Crippen molar-refractivity contribution in [2.24, 2.45) is 11.7 Å². The number of primary amides is 1. The van der Waals surface area contributed by atoms with Gasteiger partial charge in [0.15, 0.2) is 0 Å². The van der Waals surface area contributed by atoms with E-state index in [1.807, 2.05) is 24.3 Å². The van der Waals surface area contributed by atoms with Crippen molar-refractivity contribution in [3.8, 4) is 0 Å². The number of amides is 2. The standard InChI is InChI=1S/C29H31ClN6O2S/c1-35(2)29(38)19-8-11-36(12-9-19)25-7-6-21(14-23(25)30)34-26-15-24(22(17-33-26)28(31)37)32-16-20-5-3-4-18-10-13-39-27(18)20/h3-7,10,13-15,17,19H,8-9,11-12,16H2,1-2H3,(H2,31,37)(H2,32,33,34). The van der Waals surface area contributed by atoms with Crippen LogP contribution in [0.5, 0.6) is 0 Å². The van der Waals surface area contributed by atoms with E-state index in [1.54, 1.807) is 36.4 Å². The summed E-state index contributed by atoms with van der Waals surface area (Å²) in [5.74, 6) is 0.261. The smallest absolute Gasteiger partial charge is 0.252 e. The molecule has 4 N–H and O–H groups in total. The quantitative estimate of drug-likeness (QED) is 0.254. The van der Waals surface area contributed by atoms with Gasteiger partial charge in [-0.15, -0.1) is 11.3 Å². The Morgan fingerprint density at radius 3 is 2.67 bits per heavy atom. The fourth-order valence-electron chi connectivity index (χ4n) is 4.97. The van der Waals surface area contributed by atoms with Crippen LogP contribution in [0.4, 0.5) is 22.9 Å². The number of nitrogens with two attached hydrogens (primary N) is 1. The summed E-state index contributed by atoms with van der Waals surface area (Å²) in [4.78, 5) is 32.7. The molecule has 39 heavy (non-hydrogen) atoms. The van der Waals surface area contributed by atoms with Gasteiger partial charge in [-0.05, 0) is 53.4 Å². The highest BCUT2D eigenvalue weighted by Crippen LogP contribution is 2.33. The first-order valence-electron chi connectivity index (χ1n) is 12.8. The first-order chi connectivity index (χ1) is 18.8. The Labute approximate surface area is 236 Å². The number of carbonyl (C=O) groups is 2. The Balaban J connectivity index is 1.28. The number of pyridine rings is 1. The van der Waals surface area contributed by atoms with Gasteiger partial charge in [-0.1, -0.05) is 29.8 Å². The highest BCUT2D eigenvalue weighted by Gasteiger charge is 2.27. The maximum atomic E-state index is 12.3. The van der Waals surface area contributed by atoms with Crippen molar-refractivity contribution in [3.05, 3.63) is 76.3 Å². The monoisotopic (exact) mass is 562 g/mol. The van der Waals surface area contributed by atoms with Crippen molar-refractivity contribution >= 4 is 67.7 Å². The number of piperidine rings is 1. The normalized spacial score (nSPS) is 13.9. The number of halogens is 1. The minimum Gasteiger partial charge on any atom is -0.380 e. The molecule has 0 spiro atoms. The molecular formula is C29H31ClN6O2S. The van der Waals surface area contributed by atoms with Crippen molar-refractivity contribution in [2.75, 3.05) is 42.7 Å². The summed E-state index contributed by atoms with van der Waals surface area (Å²) in [6.45, 7) is 2.10. The van der Waals surface area contributed by atoms with E-state index in [-0.39, 0.29) is 11.8 Å². The van der Waals surface area contributed by atoms with Crippen LogP contribution < -0.4 is 21.3 Å². The minimum absolute atomic E-state index is 0.0615. The zero-order chi connectivity index (χ0) is 27.5. The Morgan fingerprint density at radius 2 is 1.95 bits per heavy atom. The van der Waals surface area contributed by atoms with Crippen molar-refractivity contribution in [3.63, 3.8) is 0 Å². The number of carbonyl (C=O) groups excluding carboxylic acids is 2. The molecule has 1 saturated heterocycles. The summed E-state index contributed by atoms with van der Waals surface area (Å²) >= 11 is 8.37. The van der Waals surface area contributed by atoms with Crippen molar-refractivity contribution in [2.45, 2.75) is 19.4 Å². The minimum atomic E-state index is -0.547. The highest BCUT2D eigenvalue weighted by molar-refractivity contribution is 7.17. The SMILES string of the molecule is CN(C)C(=O)C1CCN(c2ccc(Nc3cc(NCc4cccc5ccsc45)c(C(N)=O)cn3)cc2Cl)CC1. The summed E-state index contributed by atoms with van der Waals surface area (Å²) in [5.41, 5.74) is 9.41. The molecule has 8 nitrogen and oxygen atoms in total. The third-order valence-corrected chi connectivity index (χ3v) is 8.35. The number of thiophene rings is 1. The molecule has 0 radical (unpaired) electrons.